The molecule has 4 aromatic rings. The van der Waals surface area contributed by atoms with Crippen molar-refractivity contribution in [2.45, 2.75) is 46.4 Å². The van der Waals surface area contributed by atoms with E-state index in [0.29, 0.717) is 0 Å². The van der Waals surface area contributed by atoms with Crippen LogP contribution in [0.2, 0.25) is 0 Å². The smallest absolute Gasteiger partial charge is 0.120 e. The summed E-state index contributed by atoms with van der Waals surface area (Å²) in [7, 11) is 0. The number of benzene rings is 2. The third kappa shape index (κ3) is 5.80. The van der Waals surface area contributed by atoms with Crippen LogP contribution >= 0.6 is 0 Å². The van der Waals surface area contributed by atoms with E-state index in [2.05, 4.69) is 80.8 Å². The number of aliphatic hydroxyl groups excluding tert-OH is 1. The lowest BCUT2D eigenvalue weighted by Gasteiger charge is -2.11. The highest BCUT2D eigenvalue weighted by Gasteiger charge is 2.10. The van der Waals surface area contributed by atoms with Gasteiger partial charge in [-0.25, -0.2) is 9.97 Å². The van der Waals surface area contributed by atoms with Crippen molar-refractivity contribution < 1.29 is 5.11 Å². The van der Waals surface area contributed by atoms with Crippen molar-refractivity contribution in [1.82, 2.24) is 30.6 Å². The highest BCUT2D eigenvalue weighted by molar-refractivity contribution is 5.74. The minimum atomic E-state index is -0.0291. The molecule has 2 aromatic carbocycles. The van der Waals surface area contributed by atoms with Gasteiger partial charge in [0, 0.05) is 0 Å². The second-order valence-corrected chi connectivity index (χ2v) is 8.45. The van der Waals surface area contributed by atoms with Crippen molar-refractivity contribution in [2.24, 2.45) is 0 Å². The van der Waals surface area contributed by atoms with Crippen LogP contribution in [-0.4, -0.2) is 38.1 Å². The van der Waals surface area contributed by atoms with E-state index in [9.17, 15) is 5.11 Å². The van der Waals surface area contributed by atoms with Gasteiger partial charge in [0.15, 0.2) is 0 Å². The Morgan fingerprint density at radius 2 is 1.26 bits per heavy atom. The minimum absolute atomic E-state index is 0.0291. The van der Waals surface area contributed by atoms with Crippen molar-refractivity contribution in [1.29, 1.82) is 0 Å². The van der Waals surface area contributed by atoms with Gasteiger partial charge in [0.1, 0.15) is 11.6 Å². The summed E-state index contributed by atoms with van der Waals surface area (Å²) in [6, 6.07) is 14.5. The fourth-order valence-electron chi connectivity index (χ4n) is 3.97. The van der Waals surface area contributed by atoms with Crippen LogP contribution in [0.25, 0.3) is 33.6 Å². The van der Waals surface area contributed by atoms with E-state index < -0.39 is 0 Å². The summed E-state index contributed by atoms with van der Waals surface area (Å²) in [5.41, 5.74) is 7.03. The van der Waals surface area contributed by atoms with E-state index in [1.165, 1.54) is 0 Å². The first-order chi connectivity index (χ1) is 16.7. The van der Waals surface area contributed by atoms with E-state index in [-0.39, 0.29) is 6.61 Å². The molecule has 2 aromatic heterocycles. The molecule has 0 atom stereocenters. The summed E-state index contributed by atoms with van der Waals surface area (Å²) >= 11 is 0. The quantitative estimate of drug-likeness (QED) is 0.199. The number of imidazole rings is 2. The first-order valence-electron chi connectivity index (χ1n) is 12.1. The molecule has 0 saturated carbocycles. The van der Waals surface area contributed by atoms with Gasteiger partial charge in [-0.3, -0.25) is 0 Å². The SMILES string of the molecule is CCCNCc1ncc(-c2ccc(-c3ccc(-c4cnc(CNCCC)[nH]4)cc3CO)cc2)[nH]1. The Morgan fingerprint density at radius 3 is 1.82 bits per heavy atom. The van der Waals surface area contributed by atoms with Crippen LogP contribution in [-0.2, 0) is 19.7 Å². The molecule has 0 aliphatic carbocycles. The molecule has 5 N–H and O–H groups in total. The summed E-state index contributed by atoms with van der Waals surface area (Å²) in [4.78, 5) is 15.7. The summed E-state index contributed by atoms with van der Waals surface area (Å²) in [5.74, 6) is 1.85. The summed E-state index contributed by atoms with van der Waals surface area (Å²) < 4.78 is 0. The van der Waals surface area contributed by atoms with Crippen molar-refractivity contribution in [3.63, 3.8) is 0 Å². The molecular weight excluding hydrogens is 424 g/mol. The molecule has 7 heteroatoms. The van der Waals surface area contributed by atoms with Gasteiger partial charge in [0.25, 0.3) is 0 Å². The molecule has 0 radical (unpaired) electrons. The zero-order valence-corrected chi connectivity index (χ0v) is 20.0. The van der Waals surface area contributed by atoms with Crippen molar-refractivity contribution in [3.8, 4) is 33.6 Å². The molecule has 34 heavy (non-hydrogen) atoms. The maximum Gasteiger partial charge on any atom is 0.120 e. The van der Waals surface area contributed by atoms with E-state index in [1.807, 2.05) is 18.5 Å². The topological polar surface area (TPSA) is 102 Å². The number of hydrogen-bond donors (Lipinski definition) is 5. The lowest BCUT2D eigenvalue weighted by molar-refractivity contribution is 0.282. The fourth-order valence-corrected chi connectivity index (χ4v) is 3.97. The molecule has 0 saturated heterocycles. The van der Waals surface area contributed by atoms with Gasteiger partial charge in [-0.05, 0) is 59.8 Å². The average Bonchev–Trinajstić information content (AvgIpc) is 3.54. The predicted molar refractivity (Wildman–Crippen MR) is 137 cm³/mol. The summed E-state index contributed by atoms with van der Waals surface area (Å²) in [6.45, 7) is 7.68. The molecule has 0 spiro atoms. The highest BCUT2D eigenvalue weighted by Crippen LogP contribution is 2.30. The molecule has 0 unspecified atom stereocenters. The Bertz CT molecular complexity index is 1180. The maximum atomic E-state index is 10.1. The van der Waals surface area contributed by atoms with E-state index in [1.54, 1.807) is 0 Å². The third-order valence-electron chi connectivity index (χ3n) is 5.79. The van der Waals surface area contributed by atoms with Crippen LogP contribution in [0.4, 0.5) is 0 Å². The Labute approximate surface area is 201 Å². The zero-order chi connectivity index (χ0) is 23.8. The van der Waals surface area contributed by atoms with Crippen molar-refractivity contribution in [3.05, 3.63) is 72.1 Å². The maximum absolute atomic E-state index is 10.1. The van der Waals surface area contributed by atoms with Gasteiger partial charge in [0.2, 0.25) is 0 Å². The molecule has 2 heterocycles. The van der Waals surface area contributed by atoms with E-state index in [0.717, 1.165) is 89.9 Å². The number of aromatic nitrogens is 4. The fraction of sp³-hybridized carbons (Fsp3) is 0.333. The largest absolute Gasteiger partial charge is 0.392 e. The van der Waals surface area contributed by atoms with E-state index in [4.69, 9.17) is 0 Å². The molecule has 7 nitrogen and oxygen atoms in total. The monoisotopic (exact) mass is 458 g/mol. The zero-order valence-electron chi connectivity index (χ0n) is 20.0. The Morgan fingerprint density at radius 1 is 0.735 bits per heavy atom. The second kappa shape index (κ2) is 11.7. The molecule has 178 valence electrons. The van der Waals surface area contributed by atoms with E-state index >= 15 is 0 Å². The first-order valence-corrected chi connectivity index (χ1v) is 12.1. The normalized spacial score (nSPS) is 11.3. The molecule has 0 fully saturated rings. The van der Waals surface area contributed by atoms with Gasteiger partial charge in [-0.15, -0.1) is 0 Å². The molecule has 0 aliphatic heterocycles. The van der Waals surface area contributed by atoms with Gasteiger partial charge >= 0.3 is 0 Å². The molecule has 0 bridgehead atoms. The van der Waals surface area contributed by atoms with Crippen molar-refractivity contribution >= 4 is 0 Å². The molecule has 4 rings (SSSR count). The number of aliphatic hydroxyl groups is 1. The van der Waals surface area contributed by atoms with Crippen LogP contribution in [0.15, 0.2) is 54.9 Å². The number of nitrogens with zero attached hydrogens (tertiary/aromatic N) is 2. The number of nitrogens with one attached hydrogen (secondary N) is 4. The number of rotatable bonds is 12. The molecule has 0 amide bonds. The van der Waals surface area contributed by atoms with Gasteiger partial charge < -0.3 is 25.7 Å². The van der Waals surface area contributed by atoms with Crippen LogP contribution < -0.4 is 10.6 Å². The van der Waals surface area contributed by atoms with Crippen LogP contribution in [0, 0.1) is 0 Å². The Balaban J connectivity index is 1.49. The number of H-pyrrole nitrogens is 2. The minimum Gasteiger partial charge on any atom is -0.392 e. The third-order valence-corrected chi connectivity index (χ3v) is 5.79. The van der Waals surface area contributed by atoms with Gasteiger partial charge in [-0.1, -0.05) is 50.2 Å². The second-order valence-electron chi connectivity index (χ2n) is 8.45. The predicted octanol–water partition coefficient (Wildman–Crippen LogP) is 4.63. The van der Waals surface area contributed by atoms with Gasteiger partial charge in [-0.2, -0.15) is 0 Å². The highest BCUT2D eigenvalue weighted by atomic mass is 16.3. The standard InChI is InChI=1S/C27H34N6O/c1-3-11-28-16-26-30-14-24(32-26)20-7-5-19(6-8-20)23-10-9-21(13-22(23)18-34)25-15-31-27(33-25)17-29-12-4-2/h5-10,13-15,28-29,34H,3-4,11-12,16-18H2,1-2H3,(H,30,32)(H,31,33). The molecule has 0 aliphatic rings. The average molecular weight is 459 g/mol. The first kappa shape index (κ1) is 23.9. The summed E-state index contributed by atoms with van der Waals surface area (Å²) in [6.07, 6.45) is 5.92. The van der Waals surface area contributed by atoms with Crippen LogP contribution in [0.5, 0.6) is 0 Å². The Hall–Kier alpha value is -3.26. The number of hydrogen-bond acceptors (Lipinski definition) is 5. The number of aromatic amines is 2. The van der Waals surface area contributed by atoms with Gasteiger partial charge in [0.05, 0.1) is 43.5 Å². The lowest BCUT2D eigenvalue weighted by atomic mass is 9.96. The van der Waals surface area contributed by atoms with Crippen LogP contribution in [0.3, 0.4) is 0 Å². The van der Waals surface area contributed by atoms with Crippen molar-refractivity contribution in [2.75, 3.05) is 13.1 Å². The Kier molecular flexibility index (Phi) is 8.25. The van der Waals surface area contributed by atoms with Crippen LogP contribution in [0.1, 0.15) is 43.9 Å². The lowest BCUT2D eigenvalue weighted by Crippen LogP contribution is -2.14. The summed E-state index contributed by atoms with van der Waals surface area (Å²) in [5, 5.41) is 16.8. The molecular formula is C27H34N6O.